The van der Waals surface area contributed by atoms with Crippen molar-refractivity contribution in [3.63, 3.8) is 0 Å². The predicted molar refractivity (Wildman–Crippen MR) is 99.6 cm³/mol. The highest BCUT2D eigenvalue weighted by Gasteiger charge is 2.13. The number of aryl methyl sites for hydroxylation is 1. The Hall–Kier alpha value is -2.69. The second-order valence-electron chi connectivity index (χ2n) is 6.26. The van der Waals surface area contributed by atoms with Gasteiger partial charge in [0.2, 0.25) is 5.91 Å². The van der Waals surface area contributed by atoms with Crippen molar-refractivity contribution in [2.75, 3.05) is 5.32 Å². The zero-order valence-corrected chi connectivity index (χ0v) is 15.0. The normalized spacial score (nSPS) is 11.6. The van der Waals surface area contributed by atoms with Crippen LogP contribution in [-0.2, 0) is 11.2 Å². The SMILES string of the molecule is CCCC(=O)Nc1cc(C(=O)N[C@@H](C)Cc2ccncc2)ccc1C. The van der Waals surface area contributed by atoms with E-state index in [9.17, 15) is 9.59 Å². The van der Waals surface area contributed by atoms with Crippen LogP contribution in [0.15, 0.2) is 42.7 Å². The van der Waals surface area contributed by atoms with Crippen LogP contribution in [0, 0.1) is 6.92 Å². The molecular weight excluding hydrogens is 314 g/mol. The van der Waals surface area contributed by atoms with Crippen molar-refractivity contribution in [1.29, 1.82) is 0 Å². The van der Waals surface area contributed by atoms with Gasteiger partial charge >= 0.3 is 0 Å². The topological polar surface area (TPSA) is 71.1 Å². The van der Waals surface area contributed by atoms with Gasteiger partial charge in [0.25, 0.3) is 5.91 Å². The third kappa shape index (κ3) is 5.71. The summed E-state index contributed by atoms with van der Waals surface area (Å²) in [4.78, 5) is 28.3. The standard InChI is InChI=1S/C20H25N3O2/c1-4-5-19(24)23-18-13-17(7-6-14(18)2)20(25)22-15(3)12-16-8-10-21-11-9-16/h6-11,13,15H,4-5,12H2,1-3H3,(H,22,25)(H,23,24)/t15-/m0/s1. The molecule has 2 amide bonds. The number of amides is 2. The molecule has 5 heteroatoms. The molecule has 1 aromatic heterocycles. The summed E-state index contributed by atoms with van der Waals surface area (Å²) in [6.45, 7) is 5.84. The highest BCUT2D eigenvalue weighted by molar-refractivity contribution is 5.97. The molecule has 0 unspecified atom stereocenters. The average Bonchev–Trinajstić information content (AvgIpc) is 2.57. The van der Waals surface area contributed by atoms with Gasteiger partial charge in [-0.3, -0.25) is 14.6 Å². The number of hydrogen-bond acceptors (Lipinski definition) is 3. The van der Waals surface area contributed by atoms with Crippen LogP contribution in [0.1, 0.15) is 48.2 Å². The first-order chi connectivity index (χ1) is 12.0. The Kier molecular flexibility index (Phi) is 6.69. The van der Waals surface area contributed by atoms with Crippen molar-refractivity contribution in [1.82, 2.24) is 10.3 Å². The second-order valence-corrected chi connectivity index (χ2v) is 6.26. The van der Waals surface area contributed by atoms with E-state index in [1.54, 1.807) is 24.5 Å². The largest absolute Gasteiger partial charge is 0.349 e. The molecule has 0 aliphatic carbocycles. The molecule has 0 saturated heterocycles. The van der Waals surface area contributed by atoms with E-state index in [0.29, 0.717) is 17.7 Å². The fourth-order valence-corrected chi connectivity index (χ4v) is 2.57. The van der Waals surface area contributed by atoms with Crippen LogP contribution in [0.4, 0.5) is 5.69 Å². The van der Waals surface area contributed by atoms with Crippen molar-refractivity contribution in [3.8, 4) is 0 Å². The molecule has 0 bridgehead atoms. The first-order valence-corrected chi connectivity index (χ1v) is 8.60. The lowest BCUT2D eigenvalue weighted by molar-refractivity contribution is -0.116. The third-order valence-corrected chi connectivity index (χ3v) is 3.92. The minimum Gasteiger partial charge on any atom is -0.349 e. The van der Waals surface area contributed by atoms with Gasteiger partial charge in [-0.1, -0.05) is 13.0 Å². The number of carbonyl (C=O) groups excluding carboxylic acids is 2. The zero-order chi connectivity index (χ0) is 18.2. The number of nitrogens with one attached hydrogen (secondary N) is 2. The monoisotopic (exact) mass is 339 g/mol. The number of aromatic nitrogens is 1. The molecule has 25 heavy (non-hydrogen) atoms. The Morgan fingerprint density at radius 3 is 2.56 bits per heavy atom. The molecule has 1 atom stereocenters. The molecule has 5 nitrogen and oxygen atoms in total. The van der Waals surface area contributed by atoms with E-state index in [0.717, 1.165) is 24.0 Å². The van der Waals surface area contributed by atoms with Gasteiger partial charge in [-0.2, -0.15) is 0 Å². The van der Waals surface area contributed by atoms with Crippen LogP contribution in [0.2, 0.25) is 0 Å². The van der Waals surface area contributed by atoms with Crippen molar-refractivity contribution in [2.24, 2.45) is 0 Å². The van der Waals surface area contributed by atoms with E-state index in [1.807, 2.05) is 39.0 Å². The van der Waals surface area contributed by atoms with Gasteiger partial charge in [-0.25, -0.2) is 0 Å². The van der Waals surface area contributed by atoms with Gasteiger partial charge in [0.1, 0.15) is 0 Å². The number of pyridine rings is 1. The van der Waals surface area contributed by atoms with E-state index in [1.165, 1.54) is 0 Å². The zero-order valence-electron chi connectivity index (χ0n) is 15.0. The van der Waals surface area contributed by atoms with E-state index < -0.39 is 0 Å². The molecule has 0 aliphatic rings. The summed E-state index contributed by atoms with van der Waals surface area (Å²) < 4.78 is 0. The van der Waals surface area contributed by atoms with Gasteiger partial charge in [0, 0.05) is 36.1 Å². The lowest BCUT2D eigenvalue weighted by atomic mass is 10.1. The molecule has 2 rings (SSSR count). The van der Waals surface area contributed by atoms with E-state index in [4.69, 9.17) is 0 Å². The summed E-state index contributed by atoms with van der Waals surface area (Å²) in [5, 5.41) is 5.87. The van der Waals surface area contributed by atoms with Crippen LogP contribution in [0.5, 0.6) is 0 Å². The molecule has 0 radical (unpaired) electrons. The number of hydrogen-bond donors (Lipinski definition) is 2. The lowest BCUT2D eigenvalue weighted by Crippen LogP contribution is -2.34. The summed E-state index contributed by atoms with van der Waals surface area (Å²) in [6.07, 6.45) is 5.49. The smallest absolute Gasteiger partial charge is 0.251 e. The Bertz CT molecular complexity index is 729. The maximum Gasteiger partial charge on any atom is 0.251 e. The average molecular weight is 339 g/mol. The van der Waals surface area contributed by atoms with Crippen molar-refractivity contribution < 1.29 is 9.59 Å². The van der Waals surface area contributed by atoms with Crippen LogP contribution in [-0.4, -0.2) is 22.8 Å². The van der Waals surface area contributed by atoms with Crippen molar-refractivity contribution in [2.45, 2.75) is 46.1 Å². The molecular formula is C20H25N3O2. The number of carbonyl (C=O) groups is 2. The Morgan fingerprint density at radius 1 is 1.16 bits per heavy atom. The first kappa shape index (κ1) is 18.6. The summed E-state index contributed by atoms with van der Waals surface area (Å²) in [5.74, 6) is -0.179. The summed E-state index contributed by atoms with van der Waals surface area (Å²) in [5.41, 5.74) is 3.29. The van der Waals surface area contributed by atoms with E-state index >= 15 is 0 Å². The van der Waals surface area contributed by atoms with Crippen molar-refractivity contribution in [3.05, 3.63) is 59.4 Å². The van der Waals surface area contributed by atoms with Gasteiger partial charge in [-0.05, 0) is 62.1 Å². The van der Waals surface area contributed by atoms with Gasteiger partial charge < -0.3 is 10.6 Å². The molecule has 2 aromatic rings. The van der Waals surface area contributed by atoms with Crippen LogP contribution >= 0.6 is 0 Å². The number of benzene rings is 1. The van der Waals surface area contributed by atoms with Gasteiger partial charge in [0.05, 0.1) is 0 Å². The number of nitrogens with zero attached hydrogens (tertiary/aromatic N) is 1. The Labute approximate surface area is 148 Å². The quantitative estimate of drug-likeness (QED) is 0.811. The fourth-order valence-electron chi connectivity index (χ4n) is 2.57. The molecule has 1 heterocycles. The van der Waals surface area contributed by atoms with Crippen LogP contribution in [0.3, 0.4) is 0 Å². The highest BCUT2D eigenvalue weighted by Crippen LogP contribution is 2.17. The molecule has 1 aromatic carbocycles. The van der Waals surface area contributed by atoms with Gasteiger partial charge in [0.15, 0.2) is 0 Å². The van der Waals surface area contributed by atoms with Crippen LogP contribution in [0.25, 0.3) is 0 Å². The fraction of sp³-hybridized carbons (Fsp3) is 0.350. The molecule has 0 aliphatic heterocycles. The molecule has 132 valence electrons. The van der Waals surface area contributed by atoms with Crippen molar-refractivity contribution >= 4 is 17.5 Å². The maximum absolute atomic E-state index is 12.5. The second kappa shape index (κ2) is 8.97. The summed E-state index contributed by atoms with van der Waals surface area (Å²) in [7, 11) is 0. The minimum absolute atomic E-state index is 0.00524. The van der Waals surface area contributed by atoms with Crippen LogP contribution < -0.4 is 10.6 Å². The molecule has 0 spiro atoms. The van der Waals surface area contributed by atoms with E-state index in [-0.39, 0.29) is 17.9 Å². The third-order valence-electron chi connectivity index (χ3n) is 3.92. The predicted octanol–water partition coefficient (Wildman–Crippen LogP) is 3.49. The summed E-state index contributed by atoms with van der Waals surface area (Å²) >= 11 is 0. The molecule has 0 fully saturated rings. The van der Waals surface area contributed by atoms with Gasteiger partial charge in [-0.15, -0.1) is 0 Å². The highest BCUT2D eigenvalue weighted by atomic mass is 16.2. The minimum atomic E-state index is -0.146. The number of rotatable bonds is 7. The lowest BCUT2D eigenvalue weighted by Gasteiger charge is -2.15. The molecule has 2 N–H and O–H groups in total. The Balaban J connectivity index is 2.02. The van der Waals surface area contributed by atoms with E-state index in [2.05, 4.69) is 15.6 Å². The maximum atomic E-state index is 12.5. The summed E-state index contributed by atoms with van der Waals surface area (Å²) in [6, 6.07) is 9.24. The Morgan fingerprint density at radius 2 is 1.88 bits per heavy atom. The number of anilines is 1. The first-order valence-electron chi connectivity index (χ1n) is 8.60. The molecule has 0 saturated carbocycles.